The van der Waals surface area contributed by atoms with E-state index in [9.17, 15) is 27.5 Å². The number of aromatic nitrogens is 3. The minimum absolute atomic E-state index is 0.00237. The number of urea groups is 1. The number of amides is 2. The van der Waals surface area contributed by atoms with Crippen molar-refractivity contribution in [2.24, 2.45) is 4.99 Å². The highest BCUT2D eigenvalue weighted by atomic mass is 32.2. The van der Waals surface area contributed by atoms with Gasteiger partial charge in [0.15, 0.2) is 11.0 Å². The lowest BCUT2D eigenvalue weighted by Gasteiger charge is -2.26. The van der Waals surface area contributed by atoms with Crippen LogP contribution in [0.5, 0.6) is 5.75 Å². The van der Waals surface area contributed by atoms with Gasteiger partial charge >= 0.3 is 12.4 Å². The van der Waals surface area contributed by atoms with Gasteiger partial charge in [0.2, 0.25) is 0 Å². The van der Waals surface area contributed by atoms with E-state index in [0.717, 1.165) is 11.1 Å². The van der Waals surface area contributed by atoms with Crippen LogP contribution in [0.3, 0.4) is 0 Å². The van der Waals surface area contributed by atoms with Gasteiger partial charge < -0.3 is 15.2 Å². The molecule has 1 aliphatic heterocycles. The zero-order chi connectivity index (χ0) is 33.0. The molecule has 242 valence electrons. The van der Waals surface area contributed by atoms with Crippen LogP contribution in [0, 0.1) is 5.82 Å². The Hall–Kier alpha value is -4.43. The minimum atomic E-state index is -4.76. The minimum Gasteiger partial charge on any atom is -0.406 e. The Bertz CT molecular complexity index is 1690. The number of anilines is 1. The summed E-state index contributed by atoms with van der Waals surface area (Å²) in [5.41, 5.74) is 3.66. The molecule has 0 radical (unpaired) electrons. The molecule has 0 bridgehead atoms. The number of halogens is 4. The van der Waals surface area contributed by atoms with E-state index < -0.39 is 18.6 Å². The average molecular weight is 657 g/mol. The molecular formula is C32H32F4N6O3S. The number of aryl methyl sites for hydroxylation is 1. The molecule has 14 heteroatoms. The standard InChI is InChI=1S/C32H32F4N6O3S/c1-19(2)26-16-23(33)10-15-27(26)42-28(43)17-46-31(42)39-30(44)38-20(3)4-5-21-6-8-22(9-7-21)29-37-18-41(40-29)24-11-13-25(14-12-24)45-32(34,35)36/h6-16,18-20,28,43H,4-5,17H2,1-3H3,(H,38,44)/b39-31-. The first-order chi connectivity index (χ1) is 21.9. The second kappa shape index (κ2) is 13.9. The van der Waals surface area contributed by atoms with Crippen LogP contribution < -0.4 is 15.0 Å². The number of carbonyl (C=O) groups is 1. The van der Waals surface area contributed by atoms with Crippen molar-refractivity contribution in [1.82, 2.24) is 20.1 Å². The number of alkyl halides is 3. The highest BCUT2D eigenvalue weighted by Gasteiger charge is 2.33. The maximum Gasteiger partial charge on any atom is 0.573 e. The number of rotatable bonds is 9. The molecule has 2 unspecified atom stereocenters. The smallest absolute Gasteiger partial charge is 0.406 e. The van der Waals surface area contributed by atoms with Crippen molar-refractivity contribution >= 4 is 28.6 Å². The maximum atomic E-state index is 13.9. The third kappa shape index (κ3) is 8.23. The lowest BCUT2D eigenvalue weighted by molar-refractivity contribution is -0.274. The largest absolute Gasteiger partial charge is 0.573 e. The summed E-state index contributed by atoms with van der Waals surface area (Å²) in [7, 11) is 0. The molecule has 46 heavy (non-hydrogen) atoms. The van der Waals surface area contributed by atoms with Crippen LogP contribution in [0.25, 0.3) is 17.1 Å². The fourth-order valence-corrected chi connectivity index (χ4v) is 5.86. The van der Waals surface area contributed by atoms with Crippen LogP contribution in [-0.2, 0) is 6.42 Å². The van der Waals surface area contributed by atoms with Gasteiger partial charge in [-0.05, 0) is 79.3 Å². The van der Waals surface area contributed by atoms with Gasteiger partial charge in [0, 0.05) is 23.0 Å². The highest BCUT2D eigenvalue weighted by molar-refractivity contribution is 8.14. The van der Waals surface area contributed by atoms with Crippen molar-refractivity contribution in [3.63, 3.8) is 0 Å². The maximum absolute atomic E-state index is 13.9. The molecule has 4 aromatic rings. The summed E-state index contributed by atoms with van der Waals surface area (Å²) >= 11 is 1.26. The van der Waals surface area contributed by atoms with E-state index in [2.05, 4.69) is 25.1 Å². The van der Waals surface area contributed by atoms with Crippen molar-refractivity contribution in [3.8, 4) is 22.8 Å². The molecule has 5 rings (SSSR count). The summed E-state index contributed by atoms with van der Waals surface area (Å²) in [5, 5.41) is 18.3. The van der Waals surface area contributed by atoms with Crippen molar-refractivity contribution in [1.29, 1.82) is 0 Å². The Morgan fingerprint density at radius 2 is 1.83 bits per heavy atom. The molecule has 1 fully saturated rings. The van der Waals surface area contributed by atoms with Crippen molar-refractivity contribution in [2.75, 3.05) is 10.7 Å². The zero-order valence-electron chi connectivity index (χ0n) is 25.2. The van der Waals surface area contributed by atoms with E-state index in [4.69, 9.17) is 0 Å². The summed E-state index contributed by atoms with van der Waals surface area (Å²) in [6.45, 7) is 5.75. The number of carbonyl (C=O) groups excluding carboxylic acids is 1. The van der Waals surface area contributed by atoms with E-state index in [0.29, 0.717) is 46.5 Å². The number of amidine groups is 1. The lowest BCUT2D eigenvalue weighted by Crippen LogP contribution is -2.37. The third-order valence-corrected chi connectivity index (χ3v) is 8.22. The van der Waals surface area contributed by atoms with Gasteiger partial charge in [-0.25, -0.2) is 18.9 Å². The molecule has 9 nitrogen and oxygen atoms in total. The monoisotopic (exact) mass is 656 g/mol. The van der Waals surface area contributed by atoms with Crippen LogP contribution >= 0.6 is 11.8 Å². The van der Waals surface area contributed by atoms with Gasteiger partial charge in [0.1, 0.15) is 24.1 Å². The van der Waals surface area contributed by atoms with Crippen molar-refractivity contribution in [3.05, 3.63) is 90.0 Å². The number of nitrogens with zero attached hydrogens (tertiary/aromatic N) is 5. The van der Waals surface area contributed by atoms with Crippen molar-refractivity contribution in [2.45, 2.75) is 58.2 Å². The van der Waals surface area contributed by atoms with E-state index in [-0.39, 0.29) is 23.5 Å². The Balaban J connectivity index is 1.16. The van der Waals surface area contributed by atoms with Crippen LogP contribution in [0.2, 0.25) is 0 Å². The molecule has 1 aliphatic rings. The summed E-state index contributed by atoms with van der Waals surface area (Å²) in [6, 6.07) is 16.6. The summed E-state index contributed by atoms with van der Waals surface area (Å²) in [6.07, 6.45) is -2.85. The number of hydrogen-bond acceptors (Lipinski definition) is 6. The average Bonchev–Trinajstić information content (AvgIpc) is 3.63. The SMILES string of the molecule is CC(CCc1ccc(-c2ncn(-c3ccc(OC(F)(F)F)cc3)n2)cc1)NC(=O)/N=C1\SCC(O)N1c1ccc(F)cc1C(C)C. The quantitative estimate of drug-likeness (QED) is 0.186. The van der Waals surface area contributed by atoms with E-state index in [1.54, 1.807) is 11.0 Å². The Labute approximate surface area is 267 Å². The zero-order valence-corrected chi connectivity index (χ0v) is 26.0. The fraction of sp³-hybridized carbons (Fsp3) is 0.312. The first-order valence-electron chi connectivity index (χ1n) is 14.5. The molecule has 2 amide bonds. The van der Waals surface area contributed by atoms with Gasteiger partial charge in [-0.2, -0.15) is 4.99 Å². The second-order valence-electron chi connectivity index (χ2n) is 11.1. The molecule has 2 heterocycles. The molecule has 0 aliphatic carbocycles. The first kappa shape index (κ1) is 32.9. The molecule has 0 spiro atoms. The predicted molar refractivity (Wildman–Crippen MR) is 169 cm³/mol. The Kier molecular flexibility index (Phi) is 9.97. The van der Waals surface area contributed by atoms with Gasteiger partial charge in [0.25, 0.3) is 0 Å². The molecule has 1 aromatic heterocycles. The van der Waals surface area contributed by atoms with Gasteiger partial charge in [-0.1, -0.05) is 49.9 Å². The van der Waals surface area contributed by atoms with Crippen LogP contribution in [0.1, 0.15) is 44.2 Å². The molecule has 0 saturated carbocycles. The van der Waals surface area contributed by atoms with E-state index >= 15 is 0 Å². The first-order valence-corrected chi connectivity index (χ1v) is 15.5. The molecule has 1 saturated heterocycles. The van der Waals surface area contributed by atoms with Crippen LogP contribution in [0.4, 0.5) is 28.0 Å². The van der Waals surface area contributed by atoms with Crippen LogP contribution in [-0.4, -0.2) is 55.5 Å². The Morgan fingerprint density at radius 1 is 1.11 bits per heavy atom. The number of thioether (sulfide) groups is 1. The Morgan fingerprint density at radius 3 is 2.50 bits per heavy atom. The van der Waals surface area contributed by atoms with Gasteiger partial charge in [-0.3, -0.25) is 4.90 Å². The van der Waals surface area contributed by atoms with Crippen molar-refractivity contribution < 1.29 is 32.2 Å². The number of aliphatic hydroxyl groups excluding tert-OH is 1. The number of hydrogen-bond donors (Lipinski definition) is 2. The summed E-state index contributed by atoms with van der Waals surface area (Å²) < 4.78 is 56.5. The summed E-state index contributed by atoms with van der Waals surface area (Å²) in [5.74, 6) is 0.0858. The number of aliphatic hydroxyl groups is 1. The number of ether oxygens (including phenoxy) is 1. The second-order valence-corrected chi connectivity index (χ2v) is 12.0. The van der Waals surface area contributed by atoms with E-state index in [1.807, 2.05) is 45.0 Å². The fourth-order valence-electron chi connectivity index (χ4n) is 4.90. The number of aliphatic imine (C=N–C) groups is 1. The third-order valence-electron chi connectivity index (χ3n) is 7.21. The topological polar surface area (TPSA) is 105 Å². The normalized spacial score (nSPS) is 16.7. The van der Waals surface area contributed by atoms with Gasteiger partial charge in [0.05, 0.1) is 5.69 Å². The molecule has 3 aromatic carbocycles. The predicted octanol–water partition coefficient (Wildman–Crippen LogP) is 7.05. The molecule has 2 atom stereocenters. The highest BCUT2D eigenvalue weighted by Crippen LogP contribution is 2.35. The summed E-state index contributed by atoms with van der Waals surface area (Å²) in [4.78, 5) is 22.9. The van der Waals surface area contributed by atoms with Gasteiger partial charge in [-0.15, -0.1) is 18.3 Å². The van der Waals surface area contributed by atoms with Crippen LogP contribution in [0.15, 0.2) is 78.0 Å². The number of benzene rings is 3. The van der Waals surface area contributed by atoms with E-state index in [1.165, 1.54) is 59.2 Å². The molecular weight excluding hydrogens is 624 g/mol. The lowest BCUT2D eigenvalue weighted by atomic mass is 10.00. The molecule has 2 N–H and O–H groups in total. The number of nitrogens with one attached hydrogen (secondary N) is 1.